The molecule has 0 bridgehead atoms. The van der Waals surface area contributed by atoms with E-state index >= 15 is 0 Å². The summed E-state index contributed by atoms with van der Waals surface area (Å²) in [6, 6.07) is 12.4. The van der Waals surface area contributed by atoms with Crippen molar-refractivity contribution in [1.29, 1.82) is 0 Å². The van der Waals surface area contributed by atoms with E-state index in [0.29, 0.717) is 0 Å². The van der Waals surface area contributed by atoms with Crippen molar-refractivity contribution >= 4 is 31.9 Å². The summed E-state index contributed by atoms with van der Waals surface area (Å²) in [5.41, 5.74) is 9.75. The van der Waals surface area contributed by atoms with Crippen LogP contribution in [0.2, 0.25) is 0 Å². The van der Waals surface area contributed by atoms with E-state index < -0.39 is 0 Å². The standard InChI is InChI=1S/C16H15Br2NO/c1-9-2-4-11(13(18)6-9)16-8-14(19)12-5-3-10(17)7-15(12)20-16/h2-7,14,16H,8,19H2,1H3/t14-,16?/m0/s1. The summed E-state index contributed by atoms with van der Waals surface area (Å²) in [6.07, 6.45) is 0.776. The zero-order valence-electron chi connectivity index (χ0n) is 11.1. The average Bonchev–Trinajstić information content (AvgIpc) is 2.37. The third-order valence-corrected chi connectivity index (χ3v) is 4.80. The molecule has 4 heteroatoms. The summed E-state index contributed by atoms with van der Waals surface area (Å²) in [7, 11) is 0. The number of halogens is 2. The van der Waals surface area contributed by atoms with Crippen molar-refractivity contribution in [1.82, 2.24) is 0 Å². The molecule has 20 heavy (non-hydrogen) atoms. The van der Waals surface area contributed by atoms with Crippen molar-refractivity contribution in [3.8, 4) is 5.75 Å². The van der Waals surface area contributed by atoms with E-state index in [4.69, 9.17) is 10.5 Å². The molecule has 1 heterocycles. The summed E-state index contributed by atoms with van der Waals surface area (Å²) in [5.74, 6) is 0.871. The third-order valence-electron chi connectivity index (χ3n) is 3.62. The highest BCUT2D eigenvalue weighted by atomic mass is 79.9. The van der Waals surface area contributed by atoms with Gasteiger partial charge in [0.1, 0.15) is 11.9 Å². The van der Waals surface area contributed by atoms with Crippen molar-refractivity contribution in [2.45, 2.75) is 25.5 Å². The lowest BCUT2D eigenvalue weighted by Crippen LogP contribution is -2.24. The van der Waals surface area contributed by atoms with Gasteiger partial charge in [-0.2, -0.15) is 0 Å². The van der Waals surface area contributed by atoms with Crippen LogP contribution in [0.15, 0.2) is 45.3 Å². The molecule has 104 valence electrons. The smallest absolute Gasteiger partial charge is 0.127 e. The predicted molar refractivity (Wildman–Crippen MR) is 87.9 cm³/mol. The van der Waals surface area contributed by atoms with E-state index in [1.54, 1.807) is 0 Å². The van der Waals surface area contributed by atoms with E-state index in [0.717, 1.165) is 32.2 Å². The minimum atomic E-state index is -0.0122. The van der Waals surface area contributed by atoms with Gasteiger partial charge in [0.25, 0.3) is 0 Å². The van der Waals surface area contributed by atoms with Gasteiger partial charge in [-0.3, -0.25) is 0 Å². The van der Waals surface area contributed by atoms with Crippen LogP contribution in [0.5, 0.6) is 5.75 Å². The second-order valence-corrected chi connectivity index (χ2v) is 6.93. The number of nitrogens with two attached hydrogens (primary N) is 1. The Morgan fingerprint density at radius 2 is 1.85 bits per heavy atom. The maximum absolute atomic E-state index is 6.29. The van der Waals surface area contributed by atoms with E-state index in [9.17, 15) is 0 Å². The minimum absolute atomic E-state index is 0.00468. The Hall–Kier alpha value is -0.840. The molecule has 2 aromatic rings. The monoisotopic (exact) mass is 395 g/mol. The van der Waals surface area contributed by atoms with Crippen molar-refractivity contribution in [2.75, 3.05) is 0 Å². The van der Waals surface area contributed by atoms with Gasteiger partial charge in [-0.1, -0.05) is 50.1 Å². The van der Waals surface area contributed by atoms with Gasteiger partial charge in [0.2, 0.25) is 0 Å². The number of hydrogen-bond acceptors (Lipinski definition) is 2. The van der Waals surface area contributed by atoms with Gasteiger partial charge < -0.3 is 10.5 Å². The molecule has 1 unspecified atom stereocenters. The molecule has 0 amide bonds. The summed E-state index contributed by atoms with van der Waals surface area (Å²) < 4.78 is 8.23. The Labute approximate surface area is 135 Å². The number of rotatable bonds is 1. The Balaban J connectivity index is 1.98. The number of benzene rings is 2. The number of ether oxygens (including phenoxy) is 1. The number of hydrogen-bond donors (Lipinski definition) is 1. The van der Waals surface area contributed by atoms with Gasteiger partial charge in [-0.15, -0.1) is 0 Å². The Bertz CT molecular complexity index is 657. The van der Waals surface area contributed by atoms with Gasteiger partial charge in [0.05, 0.1) is 0 Å². The van der Waals surface area contributed by atoms with E-state index in [1.807, 2.05) is 18.2 Å². The zero-order chi connectivity index (χ0) is 14.3. The van der Waals surface area contributed by atoms with Crippen LogP contribution in [0, 0.1) is 6.92 Å². The van der Waals surface area contributed by atoms with Crippen LogP contribution < -0.4 is 10.5 Å². The van der Waals surface area contributed by atoms with E-state index in [1.165, 1.54) is 5.56 Å². The van der Waals surface area contributed by atoms with Gasteiger partial charge in [0, 0.05) is 32.5 Å². The first-order valence-corrected chi connectivity index (χ1v) is 8.11. The lowest BCUT2D eigenvalue weighted by atomic mass is 9.93. The SMILES string of the molecule is Cc1ccc(C2C[C@H](N)c3ccc(Br)cc3O2)c(Br)c1. The molecule has 2 nitrogen and oxygen atoms in total. The lowest BCUT2D eigenvalue weighted by molar-refractivity contribution is 0.160. The predicted octanol–water partition coefficient (Wildman–Crippen LogP) is 5.04. The van der Waals surface area contributed by atoms with Gasteiger partial charge in [0.15, 0.2) is 0 Å². The van der Waals surface area contributed by atoms with Crippen LogP contribution in [-0.2, 0) is 0 Å². The van der Waals surface area contributed by atoms with Gasteiger partial charge >= 0.3 is 0 Å². The number of fused-ring (bicyclic) bond motifs is 1. The molecule has 2 atom stereocenters. The van der Waals surface area contributed by atoms with Crippen LogP contribution in [0.1, 0.15) is 35.3 Å². The molecule has 2 N–H and O–H groups in total. The van der Waals surface area contributed by atoms with Crippen molar-refractivity contribution in [3.05, 3.63) is 62.0 Å². The second kappa shape index (κ2) is 5.51. The molecular weight excluding hydrogens is 382 g/mol. The fraction of sp³-hybridized carbons (Fsp3) is 0.250. The van der Waals surface area contributed by atoms with E-state index in [2.05, 4.69) is 57.0 Å². The maximum atomic E-state index is 6.29. The maximum Gasteiger partial charge on any atom is 0.127 e. The average molecular weight is 397 g/mol. The minimum Gasteiger partial charge on any atom is -0.485 e. The molecule has 0 fully saturated rings. The molecule has 1 aliphatic heterocycles. The van der Waals surface area contributed by atoms with Crippen LogP contribution in [-0.4, -0.2) is 0 Å². The van der Waals surface area contributed by atoms with E-state index in [-0.39, 0.29) is 12.1 Å². The van der Waals surface area contributed by atoms with Crippen LogP contribution >= 0.6 is 31.9 Å². The van der Waals surface area contributed by atoms with Gasteiger partial charge in [-0.05, 0) is 30.7 Å². The first kappa shape index (κ1) is 14.1. The molecule has 0 spiro atoms. The Kier molecular flexibility index (Phi) is 3.89. The molecule has 0 aromatic heterocycles. The summed E-state index contributed by atoms with van der Waals surface area (Å²) in [4.78, 5) is 0. The molecule has 1 aliphatic rings. The first-order valence-electron chi connectivity index (χ1n) is 6.52. The van der Waals surface area contributed by atoms with Crippen LogP contribution in [0.4, 0.5) is 0 Å². The van der Waals surface area contributed by atoms with Crippen molar-refractivity contribution in [3.63, 3.8) is 0 Å². The quantitative estimate of drug-likeness (QED) is 0.732. The summed E-state index contributed by atoms with van der Waals surface area (Å²) in [6.45, 7) is 2.08. The topological polar surface area (TPSA) is 35.2 Å². The highest BCUT2D eigenvalue weighted by Crippen LogP contribution is 2.42. The lowest BCUT2D eigenvalue weighted by Gasteiger charge is -2.31. The first-order chi connectivity index (χ1) is 9.54. The molecule has 0 radical (unpaired) electrons. The highest BCUT2D eigenvalue weighted by molar-refractivity contribution is 9.10. The Morgan fingerprint density at radius 3 is 2.60 bits per heavy atom. The zero-order valence-corrected chi connectivity index (χ0v) is 14.2. The molecule has 0 saturated heterocycles. The molecule has 3 rings (SSSR count). The Morgan fingerprint density at radius 1 is 1.10 bits per heavy atom. The van der Waals surface area contributed by atoms with Crippen LogP contribution in [0.25, 0.3) is 0 Å². The molecule has 2 aromatic carbocycles. The molecule has 0 saturated carbocycles. The molecular formula is C16H15Br2NO. The highest BCUT2D eigenvalue weighted by Gasteiger charge is 2.28. The normalized spacial score (nSPS) is 21.2. The largest absolute Gasteiger partial charge is 0.485 e. The second-order valence-electron chi connectivity index (χ2n) is 5.16. The molecule has 0 aliphatic carbocycles. The summed E-state index contributed by atoms with van der Waals surface area (Å²) in [5, 5.41) is 0. The fourth-order valence-electron chi connectivity index (χ4n) is 2.56. The third kappa shape index (κ3) is 2.65. The van der Waals surface area contributed by atoms with Crippen molar-refractivity contribution in [2.24, 2.45) is 5.73 Å². The fourth-order valence-corrected chi connectivity index (χ4v) is 3.65. The van der Waals surface area contributed by atoms with Gasteiger partial charge in [-0.25, -0.2) is 0 Å². The summed E-state index contributed by atoms with van der Waals surface area (Å²) >= 11 is 7.11. The number of aryl methyl sites for hydroxylation is 1. The van der Waals surface area contributed by atoms with Crippen molar-refractivity contribution < 1.29 is 4.74 Å². The van der Waals surface area contributed by atoms with Crippen LogP contribution in [0.3, 0.4) is 0 Å².